The van der Waals surface area contributed by atoms with Gasteiger partial charge in [-0.3, -0.25) is 0 Å². The monoisotopic (exact) mass is 640 g/mol. The summed E-state index contributed by atoms with van der Waals surface area (Å²) in [6.45, 7) is 0. The van der Waals surface area contributed by atoms with Crippen molar-refractivity contribution in [1.82, 2.24) is 0 Å². The predicted octanol–water partition coefficient (Wildman–Crippen LogP) is 7.71. The molecule has 0 saturated carbocycles. The van der Waals surface area contributed by atoms with Crippen molar-refractivity contribution in [2.24, 2.45) is 0 Å². The first-order chi connectivity index (χ1) is 22.2. The summed E-state index contributed by atoms with van der Waals surface area (Å²) < 4.78 is 46.7. The van der Waals surface area contributed by atoms with Gasteiger partial charge in [0.2, 0.25) is 0 Å². The third-order valence-corrected chi connectivity index (χ3v) is 7.90. The highest BCUT2D eigenvalue weighted by Crippen LogP contribution is 2.51. The highest BCUT2D eigenvalue weighted by Gasteiger charge is 2.58. The smallest absolute Gasteiger partial charge is 0.406 e. The Morgan fingerprint density at radius 2 is 0.723 bits per heavy atom. The number of carbonyl (C=O) groups is 4. The molecule has 5 aromatic rings. The van der Waals surface area contributed by atoms with E-state index in [-0.39, 0.29) is 27.8 Å². The SMILES string of the molecule is O=C(O)c1ccc(-c2ccc(C(c3ccccc3)(c3ccc(-c4ccc(C(=O)O)c(C(=O)O)c4)cc3)C(F)(F)F)cc2)cc1C(=O)O. The van der Waals surface area contributed by atoms with Gasteiger partial charge in [0, 0.05) is 0 Å². The van der Waals surface area contributed by atoms with E-state index in [1.165, 1.54) is 84.9 Å². The zero-order valence-corrected chi connectivity index (χ0v) is 24.0. The van der Waals surface area contributed by atoms with Crippen LogP contribution in [0.15, 0.2) is 115 Å². The molecule has 0 amide bonds. The number of halogens is 3. The maximum Gasteiger partial charge on any atom is 0.406 e. The first-order valence-corrected chi connectivity index (χ1v) is 13.8. The van der Waals surface area contributed by atoms with Crippen LogP contribution in [0.4, 0.5) is 13.2 Å². The number of hydrogen-bond donors (Lipinski definition) is 4. The van der Waals surface area contributed by atoms with E-state index >= 15 is 13.2 Å². The minimum absolute atomic E-state index is 0.0917. The molecule has 4 N–H and O–H groups in total. The summed E-state index contributed by atoms with van der Waals surface area (Å²) >= 11 is 0. The quantitative estimate of drug-likeness (QED) is 0.120. The fourth-order valence-corrected chi connectivity index (χ4v) is 5.68. The Labute approximate surface area is 264 Å². The van der Waals surface area contributed by atoms with Gasteiger partial charge in [0.15, 0.2) is 0 Å². The van der Waals surface area contributed by atoms with Crippen LogP contribution in [0.2, 0.25) is 0 Å². The van der Waals surface area contributed by atoms with Gasteiger partial charge >= 0.3 is 30.1 Å². The fraction of sp³-hybridized carbons (Fsp3) is 0.0556. The summed E-state index contributed by atoms with van der Waals surface area (Å²) in [4.78, 5) is 46.3. The summed E-state index contributed by atoms with van der Waals surface area (Å²) in [5, 5.41) is 37.7. The molecule has 0 aliphatic rings. The van der Waals surface area contributed by atoms with E-state index in [1.54, 1.807) is 6.07 Å². The molecule has 0 radical (unpaired) electrons. The lowest BCUT2D eigenvalue weighted by Gasteiger charge is -2.37. The summed E-state index contributed by atoms with van der Waals surface area (Å²) in [6, 6.07) is 25.2. The van der Waals surface area contributed by atoms with Gasteiger partial charge in [-0.05, 0) is 63.2 Å². The third-order valence-electron chi connectivity index (χ3n) is 7.90. The fourth-order valence-electron chi connectivity index (χ4n) is 5.68. The summed E-state index contributed by atoms with van der Waals surface area (Å²) in [5.41, 5.74) is -3.63. The van der Waals surface area contributed by atoms with Crippen molar-refractivity contribution in [2.45, 2.75) is 11.6 Å². The first kappa shape index (κ1) is 32.2. The Bertz CT molecular complexity index is 1900. The Balaban J connectivity index is 1.65. The van der Waals surface area contributed by atoms with Crippen LogP contribution in [-0.2, 0) is 5.41 Å². The predicted molar refractivity (Wildman–Crippen MR) is 164 cm³/mol. The highest BCUT2D eigenvalue weighted by atomic mass is 19.4. The number of benzene rings is 5. The van der Waals surface area contributed by atoms with Crippen molar-refractivity contribution in [2.75, 3.05) is 0 Å². The number of carboxylic acids is 4. The minimum atomic E-state index is -4.89. The summed E-state index contributed by atoms with van der Waals surface area (Å²) in [6.07, 6.45) is -4.89. The van der Waals surface area contributed by atoms with Crippen LogP contribution in [0, 0.1) is 0 Å². The Hall–Kier alpha value is -6.23. The van der Waals surface area contributed by atoms with Crippen LogP contribution in [0.3, 0.4) is 0 Å². The molecule has 0 aliphatic heterocycles. The van der Waals surface area contributed by atoms with Gasteiger partial charge in [-0.2, -0.15) is 13.2 Å². The molecule has 0 saturated heterocycles. The number of aromatic carboxylic acids is 4. The zero-order chi connectivity index (χ0) is 34.1. The molecular weight excluding hydrogens is 617 g/mol. The van der Waals surface area contributed by atoms with E-state index in [0.29, 0.717) is 11.1 Å². The molecule has 47 heavy (non-hydrogen) atoms. The maximum atomic E-state index is 15.6. The van der Waals surface area contributed by atoms with Gasteiger partial charge in [-0.1, -0.05) is 91.0 Å². The number of alkyl halides is 3. The second-order valence-electron chi connectivity index (χ2n) is 10.5. The molecule has 0 heterocycles. The average Bonchev–Trinajstić information content (AvgIpc) is 3.05. The van der Waals surface area contributed by atoms with Crippen LogP contribution in [-0.4, -0.2) is 50.5 Å². The van der Waals surface area contributed by atoms with Crippen LogP contribution >= 0.6 is 0 Å². The molecule has 0 bridgehead atoms. The topological polar surface area (TPSA) is 149 Å². The highest BCUT2D eigenvalue weighted by molar-refractivity contribution is 6.03. The van der Waals surface area contributed by atoms with Crippen LogP contribution in [0.5, 0.6) is 0 Å². The zero-order valence-electron chi connectivity index (χ0n) is 24.0. The van der Waals surface area contributed by atoms with E-state index < -0.39 is 57.7 Å². The van der Waals surface area contributed by atoms with Crippen molar-refractivity contribution in [3.05, 3.63) is 154 Å². The van der Waals surface area contributed by atoms with Gasteiger partial charge in [0.1, 0.15) is 5.41 Å². The van der Waals surface area contributed by atoms with Crippen LogP contribution in [0.25, 0.3) is 22.3 Å². The van der Waals surface area contributed by atoms with E-state index in [1.807, 2.05) is 0 Å². The first-order valence-electron chi connectivity index (χ1n) is 13.8. The van der Waals surface area contributed by atoms with Gasteiger partial charge in [-0.25, -0.2) is 19.2 Å². The van der Waals surface area contributed by atoms with Gasteiger partial charge in [0.25, 0.3) is 0 Å². The number of carboxylic acid groups (broad SMARTS) is 4. The average molecular weight is 641 g/mol. The molecule has 5 rings (SSSR count). The molecule has 0 aliphatic carbocycles. The van der Waals surface area contributed by atoms with E-state index in [4.69, 9.17) is 0 Å². The Kier molecular flexibility index (Phi) is 8.41. The normalized spacial score (nSPS) is 11.6. The molecule has 0 atom stereocenters. The third kappa shape index (κ3) is 5.82. The second-order valence-corrected chi connectivity index (χ2v) is 10.5. The lowest BCUT2D eigenvalue weighted by Crippen LogP contribution is -2.44. The van der Waals surface area contributed by atoms with Crippen LogP contribution < -0.4 is 0 Å². The molecule has 0 aromatic heterocycles. The van der Waals surface area contributed by atoms with Crippen molar-refractivity contribution in [3.8, 4) is 22.3 Å². The molecular formula is C36H23F3O8. The summed E-state index contributed by atoms with van der Waals surface area (Å²) in [7, 11) is 0. The van der Waals surface area contributed by atoms with E-state index in [9.17, 15) is 39.6 Å². The van der Waals surface area contributed by atoms with E-state index in [0.717, 1.165) is 24.3 Å². The lowest BCUT2D eigenvalue weighted by molar-refractivity contribution is -0.166. The molecule has 5 aromatic carbocycles. The molecule has 0 fully saturated rings. The molecule has 236 valence electrons. The standard InChI is InChI=1S/C36H23F3O8/c37-36(38,39)35(24-4-2-1-3-5-24,25-12-6-20(7-13-25)22-10-16-27(31(40)41)29(18-22)33(44)45)26-14-8-21(9-15-26)23-11-17-28(32(42)43)30(19-23)34(46)47/h1-19H,(H,40,41)(H,42,43)(H,44,45)(H,46,47). The largest absolute Gasteiger partial charge is 0.478 e. The summed E-state index contributed by atoms with van der Waals surface area (Å²) in [5.74, 6) is -5.82. The Morgan fingerprint density at radius 3 is 1.04 bits per heavy atom. The van der Waals surface area contributed by atoms with Crippen molar-refractivity contribution >= 4 is 23.9 Å². The second kappa shape index (κ2) is 12.3. The van der Waals surface area contributed by atoms with Gasteiger partial charge in [0.05, 0.1) is 22.3 Å². The molecule has 11 heteroatoms. The molecule has 0 unspecified atom stereocenters. The van der Waals surface area contributed by atoms with Gasteiger partial charge < -0.3 is 20.4 Å². The number of rotatable bonds is 9. The molecule has 8 nitrogen and oxygen atoms in total. The van der Waals surface area contributed by atoms with Crippen LogP contribution in [0.1, 0.15) is 58.1 Å². The Morgan fingerprint density at radius 1 is 0.404 bits per heavy atom. The maximum absolute atomic E-state index is 15.6. The number of hydrogen-bond acceptors (Lipinski definition) is 4. The minimum Gasteiger partial charge on any atom is -0.478 e. The van der Waals surface area contributed by atoms with Crippen molar-refractivity contribution in [1.29, 1.82) is 0 Å². The van der Waals surface area contributed by atoms with Crippen molar-refractivity contribution in [3.63, 3.8) is 0 Å². The van der Waals surface area contributed by atoms with E-state index in [2.05, 4.69) is 0 Å². The van der Waals surface area contributed by atoms with Crippen molar-refractivity contribution < 1.29 is 52.8 Å². The molecule has 0 spiro atoms. The van der Waals surface area contributed by atoms with Gasteiger partial charge in [-0.15, -0.1) is 0 Å². The lowest BCUT2D eigenvalue weighted by atomic mass is 9.68.